The van der Waals surface area contributed by atoms with Gasteiger partial charge < -0.3 is 9.13 Å². The molecule has 0 saturated carbocycles. The van der Waals surface area contributed by atoms with E-state index in [1.165, 1.54) is 10.8 Å². The summed E-state index contributed by atoms with van der Waals surface area (Å²) in [5, 5.41) is 4.65. The monoisotopic (exact) mass is 716 g/mol. The van der Waals surface area contributed by atoms with Crippen LogP contribution >= 0.6 is 0 Å². The molecule has 0 radical (unpaired) electrons. The Hall–Kier alpha value is -7.70. The molecule has 6 heteroatoms. The molecule has 0 saturated heterocycles. The molecule has 6 aromatic heterocycles. The first-order valence-corrected chi connectivity index (χ1v) is 18.7. The maximum atomic E-state index is 5.19. The van der Waals surface area contributed by atoms with E-state index in [4.69, 9.17) is 9.97 Å². The second-order valence-corrected chi connectivity index (χ2v) is 14.0. The van der Waals surface area contributed by atoms with Crippen molar-refractivity contribution in [1.29, 1.82) is 0 Å². The second-order valence-electron chi connectivity index (χ2n) is 14.0. The van der Waals surface area contributed by atoms with Crippen molar-refractivity contribution < 1.29 is 0 Å². The number of fused-ring (bicyclic) bond motifs is 6. The van der Waals surface area contributed by atoms with Gasteiger partial charge in [-0.05, 0) is 78.9 Å². The standard InChI is InChI=1S/C50H32N6/c1-3-22-47-39(16-1)41-31-51-26-24-49(41)55(47)37-14-6-12-35(29-37)45-20-8-18-43(53-45)33-10-5-11-34(28-33)44-19-9-21-46(54-44)36-13-7-15-38(30-36)56-48-23-4-2-17-40(48)42-32-52-27-25-50(42)56/h1-32H. The summed E-state index contributed by atoms with van der Waals surface area (Å²) in [6.45, 7) is 0. The zero-order chi connectivity index (χ0) is 37.0. The maximum absolute atomic E-state index is 5.19. The Balaban J connectivity index is 0.929. The molecular formula is C50H32N6. The second kappa shape index (κ2) is 13.0. The van der Waals surface area contributed by atoms with E-state index in [-0.39, 0.29) is 0 Å². The van der Waals surface area contributed by atoms with Gasteiger partial charge in [-0.2, -0.15) is 0 Å². The molecule has 0 fully saturated rings. The molecule has 6 nitrogen and oxygen atoms in total. The molecule has 0 N–H and O–H groups in total. The van der Waals surface area contributed by atoms with Crippen LogP contribution in [0.1, 0.15) is 0 Å². The zero-order valence-corrected chi connectivity index (χ0v) is 30.2. The van der Waals surface area contributed by atoms with E-state index in [1.54, 1.807) is 0 Å². The molecule has 0 aliphatic rings. The first-order chi connectivity index (χ1) is 27.8. The quantitative estimate of drug-likeness (QED) is 0.172. The minimum Gasteiger partial charge on any atom is -0.309 e. The van der Waals surface area contributed by atoms with Crippen LogP contribution in [0.4, 0.5) is 0 Å². The molecule has 0 aliphatic heterocycles. The van der Waals surface area contributed by atoms with Crippen molar-refractivity contribution in [3.63, 3.8) is 0 Å². The first-order valence-electron chi connectivity index (χ1n) is 18.7. The summed E-state index contributed by atoms with van der Waals surface area (Å²) in [4.78, 5) is 19.2. The Bertz CT molecular complexity index is 2960. The largest absolute Gasteiger partial charge is 0.309 e. The van der Waals surface area contributed by atoms with Crippen molar-refractivity contribution in [3.8, 4) is 56.4 Å². The molecule has 0 aliphatic carbocycles. The summed E-state index contributed by atoms with van der Waals surface area (Å²) in [5.41, 5.74) is 14.5. The average Bonchev–Trinajstić information content (AvgIpc) is 3.80. The van der Waals surface area contributed by atoms with Crippen LogP contribution in [0.15, 0.2) is 195 Å². The normalized spacial score (nSPS) is 11.6. The molecule has 6 heterocycles. The molecule has 5 aromatic carbocycles. The van der Waals surface area contributed by atoms with Crippen LogP contribution in [0, 0.1) is 0 Å². The van der Waals surface area contributed by atoms with E-state index in [9.17, 15) is 0 Å². The molecule has 0 unspecified atom stereocenters. The number of benzene rings is 5. The van der Waals surface area contributed by atoms with Crippen molar-refractivity contribution in [1.82, 2.24) is 29.1 Å². The molecule has 11 aromatic rings. The highest BCUT2D eigenvalue weighted by atomic mass is 15.0. The van der Waals surface area contributed by atoms with E-state index in [1.807, 2.05) is 24.8 Å². The molecule has 262 valence electrons. The van der Waals surface area contributed by atoms with Crippen molar-refractivity contribution in [2.75, 3.05) is 0 Å². The van der Waals surface area contributed by atoms with Crippen LogP contribution in [0.3, 0.4) is 0 Å². The fourth-order valence-electron chi connectivity index (χ4n) is 8.15. The molecule has 11 rings (SSSR count). The third kappa shape index (κ3) is 5.27. The Kier molecular flexibility index (Phi) is 7.38. The van der Waals surface area contributed by atoms with Gasteiger partial charge in [0, 0.05) is 80.0 Å². The highest BCUT2D eigenvalue weighted by Gasteiger charge is 2.15. The van der Waals surface area contributed by atoms with Crippen LogP contribution in [0.5, 0.6) is 0 Å². The lowest BCUT2D eigenvalue weighted by molar-refractivity contribution is 1.17. The van der Waals surface area contributed by atoms with Crippen LogP contribution in [0.2, 0.25) is 0 Å². The van der Waals surface area contributed by atoms with Crippen LogP contribution < -0.4 is 0 Å². The van der Waals surface area contributed by atoms with E-state index in [2.05, 4.69) is 189 Å². The lowest BCUT2D eigenvalue weighted by Gasteiger charge is -2.12. The molecule has 0 bridgehead atoms. The number of hydrogen-bond donors (Lipinski definition) is 0. The first kappa shape index (κ1) is 31.8. The summed E-state index contributed by atoms with van der Waals surface area (Å²) in [7, 11) is 0. The van der Waals surface area contributed by atoms with Crippen LogP contribution in [-0.4, -0.2) is 29.1 Å². The minimum atomic E-state index is 0.905. The highest BCUT2D eigenvalue weighted by molar-refractivity contribution is 6.09. The van der Waals surface area contributed by atoms with Gasteiger partial charge in [-0.1, -0.05) is 91.0 Å². The zero-order valence-electron chi connectivity index (χ0n) is 30.2. The van der Waals surface area contributed by atoms with E-state index in [0.717, 1.165) is 89.2 Å². The topological polar surface area (TPSA) is 61.4 Å². The predicted molar refractivity (Wildman–Crippen MR) is 228 cm³/mol. The van der Waals surface area contributed by atoms with Crippen LogP contribution in [-0.2, 0) is 0 Å². The van der Waals surface area contributed by atoms with Crippen molar-refractivity contribution in [3.05, 3.63) is 195 Å². The van der Waals surface area contributed by atoms with Gasteiger partial charge in [0.15, 0.2) is 0 Å². The van der Waals surface area contributed by atoms with Gasteiger partial charge in [0.25, 0.3) is 0 Å². The van der Waals surface area contributed by atoms with Gasteiger partial charge in [-0.25, -0.2) is 9.97 Å². The number of aromatic nitrogens is 6. The fraction of sp³-hybridized carbons (Fsp3) is 0. The third-order valence-electron chi connectivity index (χ3n) is 10.7. The number of rotatable bonds is 6. The number of hydrogen-bond acceptors (Lipinski definition) is 4. The smallest absolute Gasteiger partial charge is 0.0710 e. The third-order valence-corrected chi connectivity index (χ3v) is 10.7. The Morgan fingerprint density at radius 3 is 1.14 bits per heavy atom. The highest BCUT2D eigenvalue weighted by Crippen LogP contribution is 2.35. The Morgan fingerprint density at radius 1 is 0.304 bits per heavy atom. The molecule has 0 amide bonds. The number of nitrogens with zero attached hydrogens (tertiary/aromatic N) is 6. The van der Waals surface area contributed by atoms with E-state index >= 15 is 0 Å². The number of pyridine rings is 4. The molecule has 56 heavy (non-hydrogen) atoms. The van der Waals surface area contributed by atoms with Crippen molar-refractivity contribution in [2.45, 2.75) is 0 Å². The predicted octanol–water partition coefficient (Wildman–Crippen LogP) is 12.1. The van der Waals surface area contributed by atoms with Gasteiger partial charge in [-0.15, -0.1) is 0 Å². The van der Waals surface area contributed by atoms with Gasteiger partial charge >= 0.3 is 0 Å². The SMILES string of the molecule is c1cc(-c2cccc(-c3cccc(-n4c5ccccc5c5cnccc54)c3)n2)cc(-c2cccc(-c3cccc(-n4c5ccccc5c5cnccc54)c3)n2)c1. The van der Waals surface area contributed by atoms with E-state index in [0.29, 0.717) is 0 Å². The average molecular weight is 717 g/mol. The van der Waals surface area contributed by atoms with Crippen molar-refractivity contribution >= 4 is 43.6 Å². The van der Waals surface area contributed by atoms with E-state index < -0.39 is 0 Å². The minimum absolute atomic E-state index is 0.905. The van der Waals surface area contributed by atoms with Gasteiger partial charge in [0.05, 0.1) is 44.8 Å². The summed E-state index contributed by atoms with van der Waals surface area (Å²) < 4.78 is 4.62. The van der Waals surface area contributed by atoms with Gasteiger partial charge in [-0.3, -0.25) is 9.97 Å². The molecular weight excluding hydrogens is 685 g/mol. The summed E-state index contributed by atoms with van der Waals surface area (Å²) >= 11 is 0. The summed E-state index contributed by atoms with van der Waals surface area (Å²) in [6.07, 6.45) is 7.62. The molecule has 0 spiro atoms. The Morgan fingerprint density at radius 2 is 0.679 bits per heavy atom. The maximum Gasteiger partial charge on any atom is 0.0710 e. The Labute approximate surface area is 322 Å². The molecule has 0 atom stereocenters. The summed E-state index contributed by atoms with van der Waals surface area (Å²) in [5.74, 6) is 0. The van der Waals surface area contributed by atoms with Crippen LogP contribution in [0.25, 0.3) is 100 Å². The lowest BCUT2D eigenvalue weighted by atomic mass is 10.0. The van der Waals surface area contributed by atoms with Gasteiger partial charge in [0.1, 0.15) is 0 Å². The number of para-hydroxylation sites is 2. The van der Waals surface area contributed by atoms with Crippen molar-refractivity contribution in [2.24, 2.45) is 0 Å². The summed E-state index contributed by atoms with van der Waals surface area (Å²) in [6, 6.07) is 59.4. The van der Waals surface area contributed by atoms with Gasteiger partial charge in [0.2, 0.25) is 0 Å². The fourth-order valence-corrected chi connectivity index (χ4v) is 8.15. The lowest BCUT2D eigenvalue weighted by Crippen LogP contribution is -1.95.